The third-order valence-corrected chi connectivity index (χ3v) is 5.07. The summed E-state index contributed by atoms with van der Waals surface area (Å²) >= 11 is 1.14. The fourth-order valence-corrected chi connectivity index (χ4v) is 3.24. The number of carbonyl (C=O) groups excluding carboxylic acids is 3. The van der Waals surface area contributed by atoms with Crippen LogP contribution in [-0.2, 0) is 14.3 Å². The lowest BCUT2D eigenvalue weighted by Gasteiger charge is -2.13. The molecule has 154 valence electrons. The molecule has 1 atom stereocenters. The summed E-state index contributed by atoms with van der Waals surface area (Å²) < 4.78 is 10.2. The van der Waals surface area contributed by atoms with Gasteiger partial charge in [-0.2, -0.15) is 0 Å². The van der Waals surface area contributed by atoms with Crippen LogP contribution < -0.4 is 10.1 Å². The topological polar surface area (TPSA) is 81.7 Å². The minimum Gasteiger partial charge on any atom is -0.497 e. The highest BCUT2D eigenvalue weighted by molar-refractivity contribution is 8.00. The number of nitrogens with one attached hydrogen (secondary N) is 1. The first kappa shape index (κ1) is 22.5. The second-order valence-electron chi connectivity index (χ2n) is 6.58. The molecule has 2 rings (SSSR count). The molecule has 2 aromatic carbocycles. The highest BCUT2D eigenvalue weighted by Crippen LogP contribution is 2.17. The van der Waals surface area contributed by atoms with Gasteiger partial charge in [0.15, 0.2) is 6.10 Å². The molecule has 6 nitrogen and oxygen atoms in total. The molecule has 0 saturated carbocycles. The number of carbonyl (C=O) groups is 3. The summed E-state index contributed by atoms with van der Waals surface area (Å²) in [5.41, 5.74) is 3.29. The maximum atomic E-state index is 12.3. The molecule has 0 aliphatic carbocycles. The molecule has 0 unspecified atom stereocenters. The lowest BCUT2D eigenvalue weighted by atomic mass is 10.1. The molecule has 0 heterocycles. The Balaban J connectivity index is 1.75. The van der Waals surface area contributed by atoms with E-state index in [0.717, 1.165) is 28.6 Å². The van der Waals surface area contributed by atoms with Crippen molar-refractivity contribution in [3.63, 3.8) is 0 Å². The van der Waals surface area contributed by atoms with E-state index in [4.69, 9.17) is 9.47 Å². The summed E-state index contributed by atoms with van der Waals surface area (Å²) in [6.07, 6.45) is -0.902. The molecule has 0 bridgehead atoms. The maximum absolute atomic E-state index is 12.3. The Hall–Kier alpha value is -2.80. The highest BCUT2D eigenvalue weighted by Gasteiger charge is 2.19. The van der Waals surface area contributed by atoms with E-state index in [9.17, 15) is 14.4 Å². The largest absolute Gasteiger partial charge is 0.497 e. The molecule has 0 radical (unpaired) electrons. The van der Waals surface area contributed by atoms with E-state index in [-0.39, 0.29) is 23.2 Å². The van der Waals surface area contributed by atoms with Gasteiger partial charge in [-0.25, -0.2) is 0 Å². The molecule has 0 aliphatic heterocycles. The molecule has 0 fully saturated rings. The quantitative estimate of drug-likeness (QED) is 0.496. The van der Waals surface area contributed by atoms with Crippen molar-refractivity contribution in [2.45, 2.75) is 26.9 Å². The number of ether oxygens (including phenoxy) is 2. The zero-order valence-corrected chi connectivity index (χ0v) is 17.8. The van der Waals surface area contributed by atoms with Crippen LogP contribution in [-0.4, -0.2) is 42.4 Å². The number of rotatable bonds is 9. The summed E-state index contributed by atoms with van der Waals surface area (Å²) in [7, 11) is 1.54. The third-order valence-electron chi connectivity index (χ3n) is 4.16. The van der Waals surface area contributed by atoms with Crippen LogP contribution >= 0.6 is 11.8 Å². The van der Waals surface area contributed by atoms with Crippen LogP contribution in [0.25, 0.3) is 0 Å². The predicted octanol–water partition coefficient (Wildman–Crippen LogP) is 3.80. The van der Waals surface area contributed by atoms with Gasteiger partial charge in [0.25, 0.3) is 0 Å². The van der Waals surface area contributed by atoms with Gasteiger partial charge in [-0.15, -0.1) is 11.8 Å². The molecule has 7 heteroatoms. The van der Waals surface area contributed by atoms with Gasteiger partial charge in [0.05, 0.1) is 18.6 Å². The third kappa shape index (κ3) is 6.94. The molecule has 0 saturated heterocycles. The molecule has 2 aromatic rings. The number of hydrogen-bond acceptors (Lipinski definition) is 6. The first-order valence-electron chi connectivity index (χ1n) is 9.12. The van der Waals surface area contributed by atoms with Crippen molar-refractivity contribution >= 4 is 35.1 Å². The molecule has 1 N–H and O–H groups in total. The molecular weight excluding hydrogens is 390 g/mol. The van der Waals surface area contributed by atoms with E-state index in [1.54, 1.807) is 31.4 Å². The first-order valence-corrected chi connectivity index (χ1v) is 10.3. The number of Topliss-reactive ketones (excluding diaryl/α,β-unsaturated/α-hetero) is 1. The van der Waals surface area contributed by atoms with Crippen LogP contribution in [0.15, 0.2) is 42.5 Å². The van der Waals surface area contributed by atoms with Crippen molar-refractivity contribution in [3.05, 3.63) is 59.2 Å². The second kappa shape index (κ2) is 10.7. The predicted molar refractivity (Wildman–Crippen MR) is 115 cm³/mol. The van der Waals surface area contributed by atoms with Crippen LogP contribution in [0.4, 0.5) is 5.69 Å². The molecule has 0 aliphatic rings. The van der Waals surface area contributed by atoms with Crippen LogP contribution in [0.2, 0.25) is 0 Å². The SMILES string of the molecule is COc1ccc(C(=O)[C@@H](C)OC(=O)CSCC(=O)Nc2ccc(C)cc2C)cc1. The van der Waals surface area contributed by atoms with Crippen molar-refractivity contribution in [2.75, 3.05) is 23.9 Å². The van der Waals surface area contributed by atoms with Crippen molar-refractivity contribution in [2.24, 2.45) is 0 Å². The van der Waals surface area contributed by atoms with Crippen molar-refractivity contribution in [1.29, 1.82) is 0 Å². The van der Waals surface area contributed by atoms with Gasteiger partial charge in [-0.05, 0) is 56.7 Å². The number of benzene rings is 2. The van der Waals surface area contributed by atoms with Crippen molar-refractivity contribution in [1.82, 2.24) is 0 Å². The number of hydrogen-bond donors (Lipinski definition) is 1. The molecule has 0 aromatic heterocycles. The lowest BCUT2D eigenvalue weighted by molar-refractivity contribution is -0.143. The van der Waals surface area contributed by atoms with E-state index in [1.165, 1.54) is 6.92 Å². The van der Waals surface area contributed by atoms with E-state index in [2.05, 4.69) is 5.32 Å². The summed E-state index contributed by atoms with van der Waals surface area (Å²) in [5, 5.41) is 2.82. The monoisotopic (exact) mass is 415 g/mol. The van der Waals surface area contributed by atoms with Gasteiger partial charge < -0.3 is 14.8 Å². The Kier molecular flexibility index (Phi) is 8.27. The number of thioether (sulfide) groups is 1. The van der Waals surface area contributed by atoms with Crippen molar-refractivity contribution in [3.8, 4) is 5.75 Å². The minimum atomic E-state index is -0.902. The Morgan fingerprint density at radius 1 is 1.03 bits per heavy atom. The van der Waals surface area contributed by atoms with Crippen molar-refractivity contribution < 1.29 is 23.9 Å². The summed E-state index contributed by atoms with van der Waals surface area (Å²) in [6.45, 7) is 5.44. The van der Waals surface area contributed by atoms with E-state index >= 15 is 0 Å². The number of esters is 1. The van der Waals surface area contributed by atoms with Gasteiger partial charge in [0.1, 0.15) is 5.75 Å². The van der Waals surface area contributed by atoms with Crippen LogP contribution in [0.3, 0.4) is 0 Å². The number of methoxy groups -OCH3 is 1. The highest BCUT2D eigenvalue weighted by atomic mass is 32.2. The number of amides is 1. The van der Waals surface area contributed by atoms with Crippen LogP contribution in [0.5, 0.6) is 5.75 Å². The average Bonchev–Trinajstić information content (AvgIpc) is 2.69. The fourth-order valence-electron chi connectivity index (χ4n) is 2.64. The molecular formula is C22H25NO5S. The van der Waals surface area contributed by atoms with E-state index in [0.29, 0.717) is 11.3 Å². The lowest BCUT2D eigenvalue weighted by Crippen LogP contribution is -2.25. The van der Waals surface area contributed by atoms with Gasteiger partial charge in [0, 0.05) is 11.3 Å². The maximum Gasteiger partial charge on any atom is 0.316 e. The van der Waals surface area contributed by atoms with E-state index < -0.39 is 12.1 Å². The number of aryl methyl sites for hydroxylation is 2. The smallest absolute Gasteiger partial charge is 0.316 e. The van der Waals surface area contributed by atoms with Gasteiger partial charge >= 0.3 is 5.97 Å². The summed E-state index contributed by atoms with van der Waals surface area (Å²) in [6, 6.07) is 12.4. The Labute approximate surface area is 175 Å². The number of anilines is 1. The Morgan fingerprint density at radius 2 is 1.72 bits per heavy atom. The standard InChI is InChI=1S/C22H25NO5S/c1-14-5-10-19(15(2)11-14)23-20(24)12-29-13-21(25)28-16(3)22(26)17-6-8-18(27-4)9-7-17/h5-11,16H,12-13H2,1-4H3,(H,23,24)/t16-/m1/s1. The molecule has 29 heavy (non-hydrogen) atoms. The zero-order chi connectivity index (χ0) is 21.4. The normalized spacial score (nSPS) is 11.4. The van der Waals surface area contributed by atoms with Crippen LogP contribution in [0, 0.1) is 13.8 Å². The van der Waals surface area contributed by atoms with Gasteiger partial charge in [-0.3, -0.25) is 14.4 Å². The first-order chi connectivity index (χ1) is 13.8. The zero-order valence-electron chi connectivity index (χ0n) is 17.0. The second-order valence-corrected chi connectivity index (χ2v) is 7.57. The summed E-state index contributed by atoms with van der Waals surface area (Å²) in [5.74, 6) is -0.287. The Morgan fingerprint density at radius 3 is 2.34 bits per heavy atom. The molecule has 0 spiro atoms. The van der Waals surface area contributed by atoms with Gasteiger partial charge in [0.2, 0.25) is 11.7 Å². The Bertz CT molecular complexity index is 879. The van der Waals surface area contributed by atoms with Crippen LogP contribution in [0.1, 0.15) is 28.4 Å². The number of ketones is 1. The minimum absolute atomic E-state index is 0.0134. The summed E-state index contributed by atoms with van der Waals surface area (Å²) in [4.78, 5) is 36.4. The molecule has 1 amide bonds. The fraction of sp³-hybridized carbons (Fsp3) is 0.318. The van der Waals surface area contributed by atoms with E-state index in [1.807, 2.05) is 32.0 Å². The average molecular weight is 416 g/mol. The van der Waals surface area contributed by atoms with Gasteiger partial charge in [-0.1, -0.05) is 17.7 Å².